The molecule has 3 amide bonds. The predicted molar refractivity (Wildman–Crippen MR) is 221 cm³/mol. The van der Waals surface area contributed by atoms with E-state index in [4.69, 9.17) is 4.74 Å². The highest BCUT2D eigenvalue weighted by atomic mass is 16.5. The minimum absolute atomic E-state index is 0.0447. The Morgan fingerprint density at radius 3 is 2.28 bits per heavy atom. The fourth-order valence-electron chi connectivity index (χ4n) is 8.64. The monoisotopic (exact) mass is 765 g/mol. The summed E-state index contributed by atoms with van der Waals surface area (Å²) < 4.78 is 7.67. The molecule has 0 unspecified atom stereocenters. The first kappa shape index (κ1) is 38.2. The van der Waals surface area contributed by atoms with E-state index in [2.05, 4.69) is 46.2 Å². The van der Waals surface area contributed by atoms with Gasteiger partial charge in [0.25, 0.3) is 11.8 Å². The van der Waals surface area contributed by atoms with Gasteiger partial charge in [-0.15, -0.1) is 0 Å². The van der Waals surface area contributed by atoms with Crippen molar-refractivity contribution in [3.63, 3.8) is 0 Å². The van der Waals surface area contributed by atoms with Crippen LogP contribution < -0.4 is 4.90 Å². The molecule has 57 heavy (non-hydrogen) atoms. The van der Waals surface area contributed by atoms with Crippen LogP contribution in [0.1, 0.15) is 60.6 Å². The fourth-order valence-corrected chi connectivity index (χ4v) is 8.64. The lowest BCUT2D eigenvalue weighted by atomic mass is 9.89. The molecule has 10 heteroatoms. The Kier molecular flexibility index (Phi) is 11.0. The lowest BCUT2D eigenvalue weighted by molar-refractivity contribution is -0.132. The van der Waals surface area contributed by atoms with Crippen LogP contribution in [0, 0.1) is 6.92 Å². The summed E-state index contributed by atoms with van der Waals surface area (Å²) in [4.78, 5) is 51.0. The Balaban J connectivity index is 1.17. The lowest BCUT2D eigenvalue weighted by Crippen LogP contribution is -2.52. The molecule has 4 aromatic carbocycles. The van der Waals surface area contributed by atoms with Gasteiger partial charge in [-0.1, -0.05) is 54.6 Å². The maximum absolute atomic E-state index is 15.4. The molecule has 294 valence electrons. The van der Waals surface area contributed by atoms with Gasteiger partial charge in [-0.3, -0.25) is 19.3 Å². The molecule has 4 heterocycles. The Morgan fingerprint density at radius 1 is 0.807 bits per heavy atom. The molecule has 1 aromatic heterocycles. The van der Waals surface area contributed by atoms with E-state index in [1.165, 1.54) is 5.56 Å². The first-order chi connectivity index (χ1) is 27.6. The second kappa shape index (κ2) is 16.4. The van der Waals surface area contributed by atoms with E-state index in [0.29, 0.717) is 68.9 Å². The Labute approximate surface area is 334 Å². The maximum atomic E-state index is 15.4. The molecule has 0 radical (unpaired) electrons. The zero-order valence-electron chi connectivity index (χ0n) is 33.1. The third kappa shape index (κ3) is 7.97. The predicted octanol–water partition coefficient (Wildman–Crippen LogP) is 6.40. The minimum atomic E-state index is -0.186. The van der Waals surface area contributed by atoms with Gasteiger partial charge in [0, 0.05) is 94.0 Å². The molecule has 3 aliphatic heterocycles. The number of benzene rings is 4. The van der Waals surface area contributed by atoms with E-state index in [0.717, 1.165) is 65.3 Å². The molecule has 1 N–H and O–H groups in total. The van der Waals surface area contributed by atoms with Crippen LogP contribution >= 0.6 is 0 Å². The highest BCUT2D eigenvalue weighted by Crippen LogP contribution is 2.36. The van der Waals surface area contributed by atoms with Crippen molar-refractivity contribution >= 4 is 23.4 Å². The van der Waals surface area contributed by atoms with Crippen molar-refractivity contribution in [3.05, 3.63) is 142 Å². The second-order valence-corrected chi connectivity index (χ2v) is 15.7. The molecule has 1 atom stereocenters. The summed E-state index contributed by atoms with van der Waals surface area (Å²) in [6, 6.07) is 31.1. The van der Waals surface area contributed by atoms with E-state index < -0.39 is 0 Å². The number of aryl methyl sites for hydroxylation is 1. The van der Waals surface area contributed by atoms with Gasteiger partial charge in [0.15, 0.2) is 0 Å². The van der Waals surface area contributed by atoms with Crippen molar-refractivity contribution in [1.29, 1.82) is 0 Å². The fraction of sp³-hybridized carbons (Fsp3) is 0.340. The number of phenols is 1. The maximum Gasteiger partial charge on any atom is 0.259 e. The molecule has 0 aliphatic carbocycles. The van der Waals surface area contributed by atoms with Gasteiger partial charge in [0.2, 0.25) is 5.91 Å². The van der Waals surface area contributed by atoms with E-state index in [9.17, 15) is 14.7 Å². The molecular weight excluding hydrogens is 715 g/mol. The van der Waals surface area contributed by atoms with Crippen LogP contribution in [0.4, 0.5) is 5.69 Å². The van der Waals surface area contributed by atoms with Gasteiger partial charge in [0.1, 0.15) is 5.75 Å². The molecule has 8 rings (SSSR count). The number of nitrogens with zero attached hydrogens (tertiary/aromatic N) is 5. The van der Waals surface area contributed by atoms with Crippen LogP contribution in [-0.2, 0) is 48.9 Å². The SMILES string of the molecule is Cc1c(C(=O)N(C)c2ccc(O)cc2)cc(-c2cc3c(cc2C(=O)N2Cc4ccccc4C[C@H]2CN2CCOCC2)CN(C(=O)CCc2ccccc2)CC3)n1C. The molecule has 3 aliphatic rings. The number of anilines is 1. The number of morpholine rings is 1. The normalized spacial score (nSPS) is 16.9. The van der Waals surface area contributed by atoms with Crippen molar-refractivity contribution in [2.45, 2.75) is 51.7 Å². The highest BCUT2D eigenvalue weighted by Gasteiger charge is 2.35. The highest BCUT2D eigenvalue weighted by molar-refractivity contribution is 6.08. The third-order valence-corrected chi connectivity index (χ3v) is 12.2. The Morgan fingerprint density at radius 2 is 1.53 bits per heavy atom. The van der Waals surface area contributed by atoms with Crippen molar-refractivity contribution < 1.29 is 24.2 Å². The van der Waals surface area contributed by atoms with E-state index in [1.54, 1.807) is 36.2 Å². The summed E-state index contributed by atoms with van der Waals surface area (Å²) in [7, 11) is 3.67. The molecule has 1 saturated heterocycles. The molecule has 10 nitrogen and oxygen atoms in total. The first-order valence-electron chi connectivity index (χ1n) is 20.0. The summed E-state index contributed by atoms with van der Waals surface area (Å²) in [5, 5.41) is 9.84. The number of ether oxygens (including phenoxy) is 1. The number of amides is 3. The van der Waals surface area contributed by atoms with Crippen LogP contribution in [0.2, 0.25) is 0 Å². The standard InChI is InChI=1S/C47H51N5O5/c1-32-41(46(55)49(3)38-14-16-40(53)17-15-38)28-44(48(32)2)42-26-35-19-20-51(45(54)18-13-33-9-5-4-6-10-33)29-37(35)27-43(42)47(56)52-30-36-12-8-7-11-34(36)25-39(52)31-50-21-23-57-24-22-50/h4-12,14-17,26-28,39,53H,13,18-25,29-31H2,1-3H3/t39-/m0/s1. The number of aromatic hydroxyl groups is 1. The largest absolute Gasteiger partial charge is 0.508 e. The number of hydrogen-bond acceptors (Lipinski definition) is 6. The quantitative estimate of drug-likeness (QED) is 0.187. The smallest absolute Gasteiger partial charge is 0.259 e. The Bertz CT molecular complexity index is 2280. The summed E-state index contributed by atoms with van der Waals surface area (Å²) >= 11 is 0. The van der Waals surface area contributed by atoms with Crippen molar-refractivity contribution in [2.75, 3.05) is 51.3 Å². The number of carbonyl (C=O) groups is 3. The van der Waals surface area contributed by atoms with E-state index in [-0.39, 0.29) is 29.5 Å². The number of fused-ring (bicyclic) bond motifs is 2. The van der Waals surface area contributed by atoms with Crippen LogP contribution in [0.3, 0.4) is 0 Å². The van der Waals surface area contributed by atoms with E-state index in [1.807, 2.05) is 59.8 Å². The molecule has 5 aromatic rings. The summed E-state index contributed by atoms with van der Waals surface area (Å²) in [6.45, 7) is 7.25. The molecule has 0 spiro atoms. The number of phenolic OH excluding ortho intramolecular Hbond substituents is 1. The van der Waals surface area contributed by atoms with Gasteiger partial charge in [-0.05, 0) is 96.5 Å². The zero-order chi connectivity index (χ0) is 39.6. The van der Waals surface area contributed by atoms with Crippen molar-refractivity contribution in [2.24, 2.45) is 7.05 Å². The van der Waals surface area contributed by atoms with Gasteiger partial charge < -0.3 is 29.1 Å². The topological polar surface area (TPSA) is 98.6 Å². The number of aromatic nitrogens is 1. The van der Waals surface area contributed by atoms with Crippen molar-refractivity contribution in [3.8, 4) is 17.0 Å². The lowest BCUT2D eigenvalue weighted by Gasteiger charge is -2.41. The average molecular weight is 766 g/mol. The average Bonchev–Trinajstić information content (AvgIpc) is 3.54. The first-order valence-corrected chi connectivity index (χ1v) is 20.0. The summed E-state index contributed by atoms with van der Waals surface area (Å²) in [5.74, 6) is -0.000148. The van der Waals surface area contributed by atoms with Gasteiger partial charge in [0.05, 0.1) is 18.8 Å². The number of hydrogen-bond donors (Lipinski definition) is 1. The van der Waals surface area contributed by atoms with Crippen LogP contribution in [0.15, 0.2) is 97.1 Å². The zero-order valence-corrected chi connectivity index (χ0v) is 33.1. The molecular formula is C47H51N5O5. The molecule has 1 fully saturated rings. The number of carbonyl (C=O) groups excluding carboxylic acids is 3. The van der Waals surface area contributed by atoms with Crippen LogP contribution in [0.5, 0.6) is 5.75 Å². The minimum Gasteiger partial charge on any atom is -0.508 e. The number of rotatable bonds is 9. The van der Waals surface area contributed by atoms with Gasteiger partial charge in [-0.2, -0.15) is 0 Å². The van der Waals surface area contributed by atoms with Gasteiger partial charge in [-0.25, -0.2) is 0 Å². The van der Waals surface area contributed by atoms with E-state index >= 15 is 4.79 Å². The Hall–Kier alpha value is -5.71. The molecule has 0 bridgehead atoms. The van der Waals surface area contributed by atoms with Gasteiger partial charge >= 0.3 is 0 Å². The van der Waals surface area contributed by atoms with Crippen LogP contribution in [0.25, 0.3) is 11.3 Å². The molecule has 0 saturated carbocycles. The van der Waals surface area contributed by atoms with Crippen molar-refractivity contribution in [1.82, 2.24) is 19.3 Å². The second-order valence-electron chi connectivity index (χ2n) is 15.7. The summed E-state index contributed by atoms with van der Waals surface area (Å²) in [6.07, 6.45) is 2.54. The summed E-state index contributed by atoms with van der Waals surface area (Å²) in [5.41, 5.74) is 9.77. The third-order valence-electron chi connectivity index (χ3n) is 12.2. The van der Waals surface area contributed by atoms with Crippen LogP contribution in [-0.4, -0.2) is 94.6 Å².